The number of hydrogen-bond donors (Lipinski definition) is 3. The fraction of sp³-hybridized carbons (Fsp3) is 0.586. The van der Waals surface area contributed by atoms with Gasteiger partial charge in [-0.1, -0.05) is 64.4 Å². The van der Waals surface area contributed by atoms with Crippen molar-refractivity contribution in [2.24, 2.45) is 17.6 Å². The Morgan fingerprint density at radius 2 is 1.68 bits per heavy atom. The summed E-state index contributed by atoms with van der Waals surface area (Å²) in [6.45, 7) is 7.50. The lowest BCUT2D eigenvalue weighted by Crippen LogP contribution is -2.60. The first-order valence-corrected chi connectivity index (χ1v) is 14.2. The molecule has 6 amide bonds. The lowest BCUT2D eigenvalue weighted by atomic mass is 9.95. The highest BCUT2D eigenvalue weighted by Gasteiger charge is 2.43. The van der Waals surface area contributed by atoms with Gasteiger partial charge in [0.05, 0.1) is 0 Å². The third-order valence-corrected chi connectivity index (χ3v) is 7.80. The average Bonchev–Trinajstić information content (AvgIpc) is 3.60. The highest BCUT2D eigenvalue weighted by atomic mass is 16.6. The van der Waals surface area contributed by atoms with Crippen molar-refractivity contribution in [3.05, 3.63) is 35.9 Å². The quantitative estimate of drug-likeness (QED) is 0.361. The SMILES string of the molecule is CCC(C)C(NC(=O)C1CCC(=O)N1C(=O)OCc1ccccc1)C(=O)NC(C(=O)N1CCCC1C(N)=O)C(C)C. The van der Waals surface area contributed by atoms with Crippen LogP contribution in [0.5, 0.6) is 0 Å². The van der Waals surface area contributed by atoms with Crippen LogP contribution >= 0.6 is 0 Å². The number of hydrogen-bond acceptors (Lipinski definition) is 7. The number of nitrogens with one attached hydrogen (secondary N) is 2. The average molecular weight is 572 g/mol. The Balaban J connectivity index is 1.71. The molecule has 41 heavy (non-hydrogen) atoms. The first kappa shape index (κ1) is 31.6. The van der Waals surface area contributed by atoms with Crippen LogP contribution in [0.2, 0.25) is 0 Å². The number of nitrogens with zero attached hydrogens (tertiary/aromatic N) is 2. The van der Waals surface area contributed by atoms with E-state index in [9.17, 15) is 28.8 Å². The molecule has 0 saturated carbocycles. The maximum atomic E-state index is 13.5. The number of rotatable bonds is 11. The van der Waals surface area contributed by atoms with Gasteiger partial charge in [-0.15, -0.1) is 0 Å². The van der Waals surface area contributed by atoms with E-state index >= 15 is 0 Å². The van der Waals surface area contributed by atoms with Crippen LogP contribution in [0, 0.1) is 11.8 Å². The maximum absolute atomic E-state index is 13.5. The third kappa shape index (κ3) is 7.62. The number of amides is 6. The van der Waals surface area contributed by atoms with Gasteiger partial charge in [-0.2, -0.15) is 0 Å². The summed E-state index contributed by atoms with van der Waals surface area (Å²) in [4.78, 5) is 79.7. The zero-order chi connectivity index (χ0) is 30.3. The van der Waals surface area contributed by atoms with Crippen molar-refractivity contribution in [2.75, 3.05) is 6.54 Å². The molecule has 2 saturated heterocycles. The predicted octanol–water partition coefficient (Wildman–Crippen LogP) is 1.46. The third-order valence-electron chi connectivity index (χ3n) is 7.80. The molecule has 224 valence electrons. The van der Waals surface area contributed by atoms with Crippen molar-refractivity contribution in [2.45, 2.75) is 90.6 Å². The van der Waals surface area contributed by atoms with E-state index in [1.54, 1.807) is 45.0 Å². The van der Waals surface area contributed by atoms with Crippen LogP contribution in [0.3, 0.4) is 0 Å². The molecule has 12 heteroatoms. The van der Waals surface area contributed by atoms with Gasteiger partial charge in [-0.05, 0) is 36.7 Å². The minimum atomic E-state index is -1.13. The normalized spacial score (nSPS) is 20.9. The lowest BCUT2D eigenvalue weighted by Gasteiger charge is -2.32. The van der Waals surface area contributed by atoms with E-state index < -0.39 is 59.8 Å². The molecule has 0 bridgehead atoms. The van der Waals surface area contributed by atoms with Gasteiger partial charge in [-0.25, -0.2) is 9.69 Å². The van der Waals surface area contributed by atoms with Gasteiger partial charge in [0, 0.05) is 13.0 Å². The molecule has 0 radical (unpaired) electrons. The molecule has 0 aliphatic carbocycles. The molecule has 2 fully saturated rings. The minimum absolute atomic E-state index is 0.0144. The first-order valence-electron chi connectivity index (χ1n) is 14.2. The van der Waals surface area contributed by atoms with Gasteiger partial charge in [-0.3, -0.25) is 24.0 Å². The number of likely N-dealkylation sites (tertiary alicyclic amines) is 2. The smallest absolute Gasteiger partial charge is 0.417 e. The Kier molecular flexibility index (Phi) is 10.8. The zero-order valence-corrected chi connectivity index (χ0v) is 24.1. The van der Waals surface area contributed by atoms with Crippen molar-refractivity contribution in [1.29, 1.82) is 0 Å². The second-order valence-corrected chi connectivity index (χ2v) is 11.1. The summed E-state index contributed by atoms with van der Waals surface area (Å²) in [6.07, 6.45) is 0.780. The molecular formula is C29H41N5O7. The number of carbonyl (C=O) groups excluding carboxylic acids is 6. The van der Waals surface area contributed by atoms with Gasteiger partial charge in [0.15, 0.2) is 0 Å². The molecule has 5 atom stereocenters. The topological polar surface area (TPSA) is 168 Å². The maximum Gasteiger partial charge on any atom is 0.417 e. The summed E-state index contributed by atoms with van der Waals surface area (Å²) < 4.78 is 5.30. The predicted molar refractivity (Wildman–Crippen MR) is 149 cm³/mol. The van der Waals surface area contributed by atoms with Crippen LogP contribution in [0.15, 0.2) is 30.3 Å². The van der Waals surface area contributed by atoms with E-state index in [2.05, 4.69) is 10.6 Å². The Bertz CT molecular complexity index is 1140. The first-order chi connectivity index (χ1) is 19.5. The molecule has 2 aliphatic heterocycles. The lowest BCUT2D eigenvalue weighted by molar-refractivity contribution is -0.142. The molecule has 12 nitrogen and oxygen atoms in total. The molecule has 2 aliphatic rings. The standard InChI is InChI=1S/C29H41N5O7/c1-5-18(4)24(27(38)31-23(17(2)3)28(39)33-15-9-12-20(33)25(30)36)32-26(37)21-13-14-22(35)34(21)29(40)41-16-19-10-7-6-8-11-19/h6-8,10-11,17-18,20-21,23-24H,5,9,12-16H2,1-4H3,(H2,30,36)(H,31,38)(H,32,37). The molecule has 4 N–H and O–H groups in total. The van der Waals surface area contributed by atoms with Crippen molar-refractivity contribution in [3.63, 3.8) is 0 Å². The largest absolute Gasteiger partial charge is 0.444 e. The number of primary amides is 1. The second kappa shape index (κ2) is 14.1. The van der Waals surface area contributed by atoms with Gasteiger partial charge >= 0.3 is 6.09 Å². The molecule has 5 unspecified atom stereocenters. The van der Waals surface area contributed by atoms with Gasteiger partial charge < -0.3 is 26.0 Å². The van der Waals surface area contributed by atoms with Crippen molar-refractivity contribution in [3.8, 4) is 0 Å². The second-order valence-electron chi connectivity index (χ2n) is 11.1. The van der Waals surface area contributed by atoms with Gasteiger partial charge in [0.1, 0.15) is 30.8 Å². The molecule has 1 aromatic rings. The van der Waals surface area contributed by atoms with E-state index in [-0.39, 0.29) is 31.3 Å². The van der Waals surface area contributed by atoms with E-state index in [1.165, 1.54) is 4.90 Å². The minimum Gasteiger partial charge on any atom is -0.444 e. The van der Waals surface area contributed by atoms with E-state index in [0.717, 1.165) is 10.5 Å². The van der Waals surface area contributed by atoms with E-state index in [1.807, 2.05) is 13.0 Å². The van der Waals surface area contributed by atoms with Crippen LogP contribution in [0.25, 0.3) is 0 Å². The van der Waals surface area contributed by atoms with Gasteiger partial charge in [0.2, 0.25) is 29.5 Å². The highest BCUT2D eigenvalue weighted by Crippen LogP contribution is 2.23. The number of benzene rings is 1. The highest BCUT2D eigenvalue weighted by molar-refractivity contribution is 6.02. The zero-order valence-electron chi connectivity index (χ0n) is 24.1. The molecule has 2 heterocycles. The van der Waals surface area contributed by atoms with E-state index in [4.69, 9.17) is 10.5 Å². The Morgan fingerprint density at radius 1 is 1.00 bits per heavy atom. The van der Waals surface area contributed by atoms with Crippen LogP contribution in [-0.2, 0) is 35.3 Å². The number of ether oxygens (including phenoxy) is 1. The summed E-state index contributed by atoms with van der Waals surface area (Å²) in [7, 11) is 0. The number of nitrogens with two attached hydrogens (primary N) is 1. The Hall–Kier alpha value is -3.96. The van der Waals surface area contributed by atoms with Crippen molar-refractivity contribution >= 4 is 35.6 Å². The van der Waals surface area contributed by atoms with Gasteiger partial charge in [0.25, 0.3) is 0 Å². The molecular weight excluding hydrogens is 530 g/mol. The fourth-order valence-corrected chi connectivity index (χ4v) is 5.16. The monoisotopic (exact) mass is 571 g/mol. The van der Waals surface area contributed by atoms with Crippen LogP contribution in [0.1, 0.15) is 65.4 Å². The molecule has 0 aromatic heterocycles. The summed E-state index contributed by atoms with van der Waals surface area (Å²) >= 11 is 0. The van der Waals surface area contributed by atoms with Crippen LogP contribution < -0.4 is 16.4 Å². The Morgan fingerprint density at radius 3 is 2.29 bits per heavy atom. The Labute approximate surface area is 240 Å². The molecule has 0 spiro atoms. The fourth-order valence-electron chi connectivity index (χ4n) is 5.16. The summed E-state index contributed by atoms with van der Waals surface area (Å²) in [5.74, 6) is -3.40. The summed E-state index contributed by atoms with van der Waals surface area (Å²) in [6, 6.07) is 5.11. The molecule has 3 rings (SSSR count). The number of carbonyl (C=O) groups is 6. The van der Waals surface area contributed by atoms with E-state index in [0.29, 0.717) is 25.8 Å². The van der Waals surface area contributed by atoms with Crippen molar-refractivity contribution in [1.82, 2.24) is 20.4 Å². The van der Waals surface area contributed by atoms with Crippen molar-refractivity contribution < 1.29 is 33.5 Å². The summed E-state index contributed by atoms with van der Waals surface area (Å²) in [5, 5.41) is 5.49. The number of imide groups is 1. The van der Waals surface area contributed by atoms with Crippen LogP contribution in [-0.4, -0.2) is 76.1 Å². The summed E-state index contributed by atoms with van der Waals surface area (Å²) in [5.41, 5.74) is 6.22. The van der Waals surface area contributed by atoms with Crippen LogP contribution in [0.4, 0.5) is 4.79 Å². The molecule has 1 aromatic carbocycles.